The fourth-order valence-corrected chi connectivity index (χ4v) is 4.88. The van der Waals surface area contributed by atoms with Crippen LogP contribution in [0.4, 0.5) is 0 Å². The SMILES string of the molecule is CC1OC(C)C2C(=O)C3CCC(C)(C)CCC3CC12. The maximum absolute atomic E-state index is 12.9. The molecule has 2 aliphatic carbocycles. The minimum absolute atomic E-state index is 0.143. The molecule has 19 heavy (non-hydrogen) atoms. The highest BCUT2D eigenvalue weighted by Gasteiger charge is 2.52. The van der Waals surface area contributed by atoms with E-state index in [1.165, 1.54) is 25.7 Å². The number of carbonyl (C=O) groups excluding carboxylic acids is 1. The lowest BCUT2D eigenvalue weighted by molar-refractivity contribution is -0.134. The van der Waals surface area contributed by atoms with Gasteiger partial charge in [-0.05, 0) is 63.2 Å². The van der Waals surface area contributed by atoms with E-state index < -0.39 is 0 Å². The largest absolute Gasteiger partial charge is 0.374 e. The summed E-state index contributed by atoms with van der Waals surface area (Å²) < 4.78 is 5.94. The van der Waals surface area contributed by atoms with E-state index in [2.05, 4.69) is 27.7 Å². The third-order valence-electron chi connectivity index (χ3n) is 6.16. The van der Waals surface area contributed by atoms with E-state index >= 15 is 0 Å². The van der Waals surface area contributed by atoms with Crippen molar-refractivity contribution in [1.82, 2.24) is 0 Å². The third-order valence-corrected chi connectivity index (χ3v) is 6.16. The second kappa shape index (κ2) is 4.58. The lowest BCUT2D eigenvalue weighted by Crippen LogP contribution is -2.42. The molecule has 0 aromatic carbocycles. The van der Waals surface area contributed by atoms with E-state index in [0.717, 1.165) is 6.42 Å². The Morgan fingerprint density at radius 2 is 1.79 bits per heavy atom. The first kappa shape index (κ1) is 13.6. The molecule has 2 nitrogen and oxygen atoms in total. The molecule has 0 spiro atoms. The number of fused-ring (bicyclic) bond motifs is 2. The molecule has 0 amide bonds. The molecule has 3 fully saturated rings. The molecular formula is C17H28O2. The first-order chi connectivity index (χ1) is 8.89. The van der Waals surface area contributed by atoms with E-state index in [1.54, 1.807) is 0 Å². The Balaban J connectivity index is 1.83. The van der Waals surface area contributed by atoms with E-state index in [4.69, 9.17) is 4.74 Å². The van der Waals surface area contributed by atoms with Gasteiger partial charge in [-0.15, -0.1) is 0 Å². The molecule has 108 valence electrons. The molecule has 2 saturated carbocycles. The van der Waals surface area contributed by atoms with Crippen LogP contribution in [0.1, 0.15) is 59.8 Å². The molecule has 0 N–H and O–H groups in total. The van der Waals surface area contributed by atoms with Crippen LogP contribution in [0.2, 0.25) is 0 Å². The number of hydrogen-bond donors (Lipinski definition) is 0. The van der Waals surface area contributed by atoms with Crippen LogP contribution in [0.25, 0.3) is 0 Å². The Hall–Kier alpha value is -0.370. The van der Waals surface area contributed by atoms with Gasteiger partial charge in [-0.2, -0.15) is 0 Å². The first-order valence-electron chi connectivity index (χ1n) is 8.08. The van der Waals surface area contributed by atoms with Gasteiger partial charge in [0.15, 0.2) is 0 Å². The molecule has 3 rings (SSSR count). The average Bonchev–Trinajstić information content (AvgIpc) is 2.51. The number of ketones is 1. The molecule has 6 atom stereocenters. The summed E-state index contributed by atoms with van der Waals surface area (Å²) in [5, 5.41) is 0. The standard InChI is InChI=1S/C17H28O2/c1-10-14-9-12-5-7-17(3,4)8-6-13(12)16(18)15(14)11(2)19-10/h10-15H,5-9H2,1-4H3. The molecule has 0 radical (unpaired) electrons. The topological polar surface area (TPSA) is 26.3 Å². The summed E-state index contributed by atoms with van der Waals surface area (Å²) >= 11 is 0. The summed E-state index contributed by atoms with van der Waals surface area (Å²) in [6.45, 7) is 8.99. The highest BCUT2D eigenvalue weighted by Crippen LogP contribution is 2.50. The highest BCUT2D eigenvalue weighted by molar-refractivity contribution is 5.85. The van der Waals surface area contributed by atoms with E-state index in [0.29, 0.717) is 29.0 Å². The van der Waals surface area contributed by atoms with Crippen molar-refractivity contribution in [2.75, 3.05) is 0 Å². The van der Waals surface area contributed by atoms with Crippen LogP contribution in [0.5, 0.6) is 0 Å². The van der Waals surface area contributed by atoms with Gasteiger partial charge in [-0.3, -0.25) is 4.79 Å². The van der Waals surface area contributed by atoms with Crippen LogP contribution >= 0.6 is 0 Å². The van der Waals surface area contributed by atoms with Gasteiger partial charge in [0.25, 0.3) is 0 Å². The lowest BCUT2D eigenvalue weighted by Gasteiger charge is -2.37. The Labute approximate surface area is 117 Å². The third kappa shape index (κ3) is 2.26. The van der Waals surface area contributed by atoms with Gasteiger partial charge >= 0.3 is 0 Å². The van der Waals surface area contributed by atoms with Crippen LogP contribution in [-0.4, -0.2) is 18.0 Å². The second-order valence-corrected chi connectivity index (χ2v) is 7.98. The quantitative estimate of drug-likeness (QED) is 0.664. The van der Waals surface area contributed by atoms with Crippen molar-refractivity contribution in [2.24, 2.45) is 29.1 Å². The van der Waals surface area contributed by atoms with Crippen LogP contribution in [0.15, 0.2) is 0 Å². The minimum Gasteiger partial charge on any atom is -0.374 e. The number of hydrogen-bond acceptors (Lipinski definition) is 2. The second-order valence-electron chi connectivity index (χ2n) is 7.98. The number of Topliss-reactive ketones (excluding diaryl/α,β-unsaturated/α-hetero) is 1. The molecule has 3 aliphatic rings. The lowest BCUT2D eigenvalue weighted by atomic mass is 9.64. The summed E-state index contributed by atoms with van der Waals surface area (Å²) in [5.41, 5.74) is 0.431. The summed E-state index contributed by atoms with van der Waals surface area (Å²) in [4.78, 5) is 12.9. The number of rotatable bonds is 0. The normalized spacial score (nSPS) is 49.4. The number of ether oxygens (including phenoxy) is 1. The van der Waals surface area contributed by atoms with Crippen molar-refractivity contribution >= 4 is 5.78 Å². The van der Waals surface area contributed by atoms with Crippen molar-refractivity contribution in [3.05, 3.63) is 0 Å². The van der Waals surface area contributed by atoms with Gasteiger partial charge < -0.3 is 4.74 Å². The van der Waals surface area contributed by atoms with Crippen LogP contribution < -0.4 is 0 Å². The van der Waals surface area contributed by atoms with Gasteiger partial charge in [-0.1, -0.05) is 13.8 Å². The fraction of sp³-hybridized carbons (Fsp3) is 0.941. The predicted molar refractivity (Wildman–Crippen MR) is 75.8 cm³/mol. The first-order valence-corrected chi connectivity index (χ1v) is 8.08. The molecule has 2 heteroatoms. The van der Waals surface area contributed by atoms with Crippen molar-refractivity contribution in [3.8, 4) is 0 Å². The van der Waals surface area contributed by atoms with Crippen molar-refractivity contribution < 1.29 is 9.53 Å². The van der Waals surface area contributed by atoms with Crippen molar-refractivity contribution in [1.29, 1.82) is 0 Å². The zero-order chi connectivity index (χ0) is 13.8. The zero-order valence-electron chi connectivity index (χ0n) is 12.8. The highest BCUT2D eigenvalue weighted by atomic mass is 16.5. The number of carbonyl (C=O) groups is 1. The molecule has 0 aromatic heterocycles. The van der Waals surface area contributed by atoms with Crippen molar-refractivity contribution in [2.45, 2.75) is 72.0 Å². The Morgan fingerprint density at radius 3 is 2.53 bits per heavy atom. The van der Waals surface area contributed by atoms with Gasteiger partial charge in [0.05, 0.1) is 12.2 Å². The van der Waals surface area contributed by atoms with Crippen LogP contribution in [0.3, 0.4) is 0 Å². The Kier molecular flexibility index (Phi) is 3.28. The van der Waals surface area contributed by atoms with E-state index in [9.17, 15) is 4.79 Å². The van der Waals surface area contributed by atoms with E-state index in [1.807, 2.05) is 0 Å². The van der Waals surface area contributed by atoms with Gasteiger partial charge in [-0.25, -0.2) is 0 Å². The minimum atomic E-state index is 0.143. The maximum atomic E-state index is 12.9. The fourth-order valence-electron chi connectivity index (χ4n) is 4.88. The van der Waals surface area contributed by atoms with Gasteiger partial charge in [0, 0.05) is 11.8 Å². The van der Waals surface area contributed by atoms with Gasteiger partial charge in [0.2, 0.25) is 0 Å². The van der Waals surface area contributed by atoms with Crippen molar-refractivity contribution in [3.63, 3.8) is 0 Å². The van der Waals surface area contributed by atoms with Crippen LogP contribution in [0, 0.1) is 29.1 Å². The molecule has 1 heterocycles. The summed E-state index contributed by atoms with van der Waals surface area (Å²) in [5.74, 6) is 2.18. The summed E-state index contributed by atoms with van der Waals surface area (Å²) in [6, 6.07) is 0. The monoisotopic (exact) mass is 264 g/mol. The maximum Gasteiger partial charge on any atom is 0.142 e. The summed E-state index contributed by atoms with van der Waals surface area (Å²) in [7, 11) is 0. The van der Waals surface area contributed by atoms with E-state index in [-0.39, 0.29) is 18.1 Å². The smallest absolute Gasteiger partial charge is 0.142 e. The molecule has 1 saturated heterocycles. The molecular weight excluding hydrogens is 236 g/mol. The average molecular weight is 264 g/mol. The molecule has 0 aromatic rings. The van der Waals surface area contributed by atoms with Gasteiger partial charge in [0.1, 0.15) is 5.78 Å². The summed E-state index contributed by atoms with van der Waals surface area (Å²) in [6.07, 6.45) is 6.49. The zero-order valence-corrected chi connectivity index (χ0v) is 12.8. The van der Waals surface area contributed by atoms with Crippen LogP contribution in [-0.2, 0) is 9.53 Å². The molecule has 6 unspecified atom stereocenters. The Bertz CT molecular complexity index is 373. The molecule has 1 aliphatic heterocycles. The molecule has 0 bridgehead atoms. The predicted octanol–water partition coefficient (Wildman–Crippen LogP) is 3.83. The Morgan fingerprint density at radius 1 is 1.11 bits per heavy atom.